The molecule has 36 heavy (non-hydrogen) atoms. The first kappa shape index (κ1) is 23.5. The predicted octanol–water partition coefficient (Wildman–Crippen LogP) is 4.34. The molecule has 1 aromatic carbocycles. The van der Waals surface area contributed by atoms with E-state index in [0.29, 0.717) is 43.8 Å². The van der Waals surface area contributed by atoms with Crippen LogP contribution in [0.5, 0.6) is 5.88 Å². The lowest BCUT2D eigenvalue weighted by Gasteiger charge is -2.10. The van der Waals surface area contributed by atoms with E-state index in [1.54, 1.807) is 17.0 Å². The molecule has 0 amide bonds. The van der Waals surface area contributed by atoms with Gasteiger partial charge in [-0.2, -0.15) is 5.26 Å². The first-order valence-corrected chi connectivity index (χ1v) is 11.8. The van der Waals surface area contributed by atoms with Crippen LogP contribution in [0.4, 0.5) is 5.69 Å². The first-order chi connectivity index (χ1) is 17.8. The average Bonchev–Trinajstić information content (AvgIpc) is 3.62. The van der Waals surface area contributed by atoms with Crippen LogP contribution in [-0.2, 0) is 16.0 Å². The van der Waals surface area contributed by atoms with Crippen LogP contribution >= 0.6 is 0 Å². The molecule has 3 aromatic heterocycles. The zero-order chi connectivity index (χ0) is 24.6. The van der Waals surface area contributed by atoms with Gasteiger partial charge in [-0.25, -0.2) is 9.97 Å². The lowest BCUT2D eigenvalue weighted by Crippen LogP contribution is -2.10. The molecule has 4 aromatic rings. The van der Waals surface area contributed by atoms with E-state index in [1.165, 1.54) is 0 Å². The molecule has 5 rings (SSSR count). The summed E-state index contributed by atoms with van der Waals surface area (Å²) in [6.07, 6.45) is 8.68. The van der Waals surface area contributed by atoms with E-state index in [9.17, 15) is 5.26 Å². The molecule has 9 heteroatoms. The van der Waals surface area contributed by atoms with Gasteiger partial charge in [0.1, 0.15) is 6.07 Å². The summed E-state index contributed by atoms with van der Waals surface area (Å²) in [5.41, 5.74) is 4.43. The van der Waals surface area contributed by atoms with Crippen LogP contribution < -0.4 is 10.1 Å². The molecule has 182 valence electrons. The molecular formula is C27H26N6O3. The highest BCUT2D eigenvalue weighted by Crippen LogP contribution is 2.22. The molecule has 0 radical (unpaired) electrons. The lowest BCUT2D eigenvalue weighted by molar-refractivity contribution is -0.0493. The summed E-state index contributed by atoms with van der Waals surface area (Å²) in [6, 6.07) is 17.7. The Balaban J connectivity index is 1.13. The van der Waals surface area contributed by atoms with E-state index in [-0.39, 0.29) is 6.29 Å². The van der Waals surface area contributed by atoms with Gasteiger partial charge in [0.15, 0.2) is 6.29 Å². The predicted molar refractivity (Wildman–Crippen MR) is 133 cm³/mol. The molecule has 1 saturated heterocycles. The maximum Gasteiger partial charge on any atom is 0.217 e. The SMILES string of the molecule is N#Cc1nc(-c2cccnc2)cn1-c1ccc(NCc2ccc(OCCCC3OCCO3)nc2)cc1. The smallest absolute Gasteiger partial charge is 0.217 e. The zero-order valence-corrected chi connectivity index (χ0v) is 19.7. The second kappa shape index (κ2) is 11.4. The van der Waals surface area contributed by atoms with Gasteiger partial charge in [-0.1, -0.05) is 6.07 Å². The van der Waals surface area contributed by atoms with Gasteiger partial charge in [0.05, 0.1) is 25.5 Å². The van der Waals surface area contributed by atoms with Crippen LogP contribution in [0.25, 0.3) is 16.9 Å². The molecule has 1 fully saturated rings. The number of nitrogens with one attached hydrogen (secondary N) is 1. The van der Waals surface area contributed by atoms with Crippen molar-refractivity contribution < 1.29 is 14.2 Å². The number of pyridine rings is 2. The number of hydrogen-bond donors (Lipinski definition) is 1. The zero-order valence-electron chi connectivity index (χ0n) is 19.7. The highest BCUT2D eigenvalue weighted by molar-refractivity contribution is 5.59. The summed E-state index contributed by atoms with van der Waals surface area (Å²) >= 11 is 0. The summed E-state index contributed by atoms with van der Waals surface area (Å²) in [5, 5.41) is 12.9. The third-order valence-corrected chi connectivity index (χ3v) is 5.73. The molecular weight excluding hydrogens is 456 g/mol. The number of nitriles is 1. The van der Waals surface area contributed by atoms with Crippen molar-refractivity contribution >= 4 is 5.69 Å². The van der Waals surface area contributed by atoms with Crippen molar-refractivity contribution in [2.24, 2.45) is 0 Å². The van der Waals surface area contributed by atoms with E-state index in [1.807, 2.05) is 60.9 Å². The Bertz CT molecular complexity index is 1290. The Morgan fingerprint density at radius 1 is 1.08 bits per heavy atom. The van der Waals surface area contributed by atoms with Crippen molar-refractivity contribution in [2.75, 3.05) is 25.1 Å². The standard InChI is InChI=1S/C27H26N6O3/c28-15-25-32-24(21-3-1-11-29-18-21)19-33(25)23-8-6-22(7-9-23)30-16-20-5-10-26(31-17-20)34-12-2-4-27-35-13-14-36-27/h1,3,5-11,17-19,27,30H,2,4,12-14,16H2. The highest BCUT2D eigenvalue weighted by Gasteiger charge is 2.15. The number of aromatic nitrogens is 4. The van der Waals surface area contributed by atoms with Crippen molar-refractivity contribution in [1.82, 2.24) is 19.5 Å². The van der Waals surface area contributed by atoms with Crippen LogP contribution in [0.1, 0.15) is 24.2 Å². The van der Waals surface area contributed by atoms with Crippen LogP contribution in [0.2, 0.25) is 0 Å². The van der Waals surface area contributed by atoms with E-state index < -0.39 is 0 Å². The van der Waals surface area contributed by atoms with Gasteiger partial charge < -0.3 is 19.5 Å². The third-order valence-electron chi connectivity index (χ3n) is 5.73. The van der Waals surface area contributed by atoms with Gasteiger partial charge in [0.2, 0.25) is 11.7 Å². The molecule has 0 atom stereocenters. The highest BCUT2D eigenvalue weighted by atomic mass is 16.7. The second-order valence-corrected chi connectivity index (χ2v) is 8.24. The van der Waals surface area contributed by atoms with Gasteiger partial charge >= 0.3 is 0 Å². The fourth-order valence-corrected chi connectivity index (χ4v) is 3.85. The molecule has 0 bridgehead atoms. The molecule has 9 nitrogen and oxygen atoms in total. The van der Waals surface area contributed by atoms with Gasteiger partial charge in [-0.3, -0.25) is 9.55 Å². The molecule has 4 heterocycles. The normalized spacial score (nSPS) is 13.4. The monoisotopic (exact) mass is 482 g/mol. The molecule has 1 aliphatic rings. The van der Waals surface area contributed by atoms with Crippen LogP contribution in [-0.4, -0.2) is 45.6 Å². The summed E-state index contributed by atoms with van der Waals surface area (Å²) < 4.78 is 18.3. The summed E-state index contributed by atoms with van der Waals surface area (Å²) in [7, 11) is 0. The number of imidazole rings is 1. The van der Waals surface area contributed by atoms with E-state index in [0.717, 1.165) is 35.3 Å². The summed E-state index contributed by atoms with van der Waals surface area (Å²) in [5.74, 6) is 0.929. The van der Waals surface area contributed by atoms with Crippen molar-refractivity contribution in [3.63, 3.8) is 0 Å². The average molecular weight is 483 g/mol. The molecule has 0 spiro atoms. The largest absolute Gasteiger partial charge is 0.478 e. The Kier molecular flexibility index (Phi) is 7.46. The van der Waals surface area contributed by atoms with Crippen molar-refractivity contribution in [2.45, 2.75) is 25.7 Å². The minimum absolute atomic E-state index is 0.0956. The van der Waals surface area contributed by atoms with Crippen molar-refractivity contribution in [3.05, 3.63) is 84.7 Å². The topological polar surface area (TPSA) is 107 Å². The van der Waals surface area contributed by atoms with Gasteiger partial charge in [-0.05, 0) is 48.4 Å². The Hall–Kier alpha value is -4.26. The fraction of sp³-hybridized carbons (Fsp3) is 0.259. The Morgan fingerprint density at radius 3 is 2.67 bits per heavy atom. The van der Waals surface area contributed by atoms with Crippen LogP contribution in [0.3, 0.4) is 0 Å². The fourth-order valence-electron chi connectivity index (χ4n) is 3.85. The maximum atomic E-state index is 9.54. The van der Waals surface area contributed by atoms with Crippen molar-refractivity contribution in [1.29, 1.82) is 5.26 Å². The summed E-state index contributed by atoms with van der Waals surface area (Å²) in [4.78, 5) is 13.0. The number of nitrogens with zero attached hydrogens (tertiary/aromatic N) is 5. The summed E-state index contributed by atoms with van der Waals surface area (Å²) in [6.45, 7) is 2.55. The quantitative estimate of drug-likeness (QED) is 0.333. The van der Waals surface area contributed by atoms with Crippen molar-refractivity contribution in [3.8, 4) is 28.9 Å². The minimum Gasteiger partial charge on any atom is -0.478 e. The third kappa shape index (κ3) is 5.86. The van der Waals surface area contributed by atoms with E-state index in [4.69, 9.17) is 14.2 Å². The molecule has 1 aliphatic heterocycles. The number of hydrogen-bond acceptors (Lipinski definition) is 8. The second-order valence-electron chi connectivity index (χ2n) is 8.24. The number of ether oxygens (including phenoxy) is 3. The van der Waals surface area contributed by atoms with Gasteiger partial charge in [0, 0.05) is 60.8 Å². The van der Waals surface area contributed by atoms with Gasteiger partial charge in [-0.15, -0.1) is 0 Å². The van der Waals surface area contributed by atoms with Crippen LogP contribution in [0.15, 0.2) is 73.3 Å². The van der Waals surface area contributed by atoms with E-state index >= 15 is 0 Å². The Morgan fingerprint density at radius 2 is 1.94 bits per heavy atom. The lowest BCUT2D eigenvalue weighted by atomic mass is 10.2. The van der Waals surface area contributed by atoms with Crippen LogP contribution in [0, 0.1) is 11.3 Å². The molecule has 0 unspecified atom stereocenters. The molecule has 0 aliphatic carbocycles. The molecule has 1 N–H and O–H groups in total. The number of rotatable bonds is 10. The van der Waals surface area contributed by atoms with E-state index in [2.05, 4.69) is 26.3 Å². The first-order valence-electron chi connectivity index (χ1n) is 11.8. The molecule has 0 saturated carbocycles. The van der Waals surface area contributed by atoms with Gasteiger partial charge in [0.25, 0.3) is 0 Å². The number of anilines is 1. The maximum absolute atomic E-state index is 9.54. The Labute approximate surface area is 209 Å². The number of benzene rings is 1. The minimum atomic E-state index is -0.0956.